The zero-order chi connectivity index (χ0) is 15.4. The summed E-state index contributed by atoms with van der Waals surface area (Å²) in [5, 5.41) is 0.604. The fourth-order valence-electron chi connectivity index (χ4n) is 1.88. The second kappa shape index (κ2) is 6.62. The van der Waals surface area contributed by atoms with Crippen LogP contribution in [0.3, 0.4) is 0 Å². The van der Waals surface area contributed by atoms with E-state index >= 15 is 0 Å². The first kappa shape index (κ1) is 14.6. The van der Waals surface area contributed by atoms with Gasteiger partial charge in [-0.1, -0.05) is 30.0 Å². The van der Waals surface area contributed by atoms with Crippen LogP contribution in [0.15, 0.2) is 58.6 Å². The summed E-state index contributed by atoms with van der Waals surface area (Å²) in [6, 6.07) is 13.1. The first-order valence-electron chi connectivity index (χ1n) is 7.02. The van der Waals surface area contributed by atoms with Gasteiger partial charge in [0.25, 0.3) is 5.91 Å². The fourth-order valence-corrected chi connectivity index (χ4v) is 2.78. The summed E-state index contributed by atoms with van der Waals surface area (Å²) in [5.41, 5.74) is 5.35. The lowest BCUT2D eigenvalue weighted by molar-refractivity contribution is -0.123. The van der Waals surface area contributed by atoms with Crippen molar-refractivity contribution in [2.24, 2.45) is 5.92 Å². The molecule has 1 aliphatic carbocycles. The van der Waals surface area contributed by atoms with Crippen molar-refractivity contribution in [2.75, 3.05) is 0 Å². The highest BCUT2D eigenvalue weighted by Gasteiger charge is 2.29. The van der Waals surface area contributed by atoms with Gasteiger partial charge in [-0.3, -0.25) is 20.4 Å². The van der Waals surface area contributed by atoms with E-state index in [0.717, 1.165) is 17.7 Å². The van der Waals surface area contributed by atoms with E-state index in [0.29, 0.717) is 10.6 Å². The van der Waals surface area contributed by atoms with Crippen LogP contribution in [0, 0.1) is 5.92 Å². The second-order valence-corrected chi connectivity index (χ2v) is 6.05. The highest BCUT2D eigenvalue weighted by atomic mass is 32.2. The van der Waals surface area contributed by atoms with Gasteiger partial charge in [0.2, 0.25) is 5.91 Å². The molecule has 2 amide bonds. The average molecular weight is 313 g/mol. The molecule has 2 N–H and O–H groups in total. The van der Waals surface area contributed by atoms with Crippen LogP contribution in [0.4, 0.5) is 0 Å². The van der Waals surface area contributed by atoms with Gasteiger partial charge >= 0.3 is 0 Å². The molecule has 22 heavy (non-hydrogen) atoms. The van der Waals surface area contributed by atoms with Gasteiger partial charge < -0.3 is 0 Å². The van der Waals surface area contributed by atoms with Crippen molar-refractivity contribution < 1.29 is 9.59 Å². The third-order valence-electron chi connectivity index (χ3n) is 3.22. The monoisotopic (exact) mass is 313 g/mol. The molecule has 1 aromatic carbocycles. The van der Waals surface area contributed by atoms with E-state index in [1.165, 1.54) is 11.8 Å². The molecule has 1 aromatic heterocycles. The van der Waals surface area contributed by atoms with E-state index in [-0.39, 0.29) is 17.7 Å². The standard InChI is InChI=1S/C16H15N3O2S/c20-14(11-8-9-11)18-19-15(21)13-7-4-10-17-16(13)22-12-5-2-1-3-6-12/h1-7,10-11H,8-9H2,(H,18,20)(H,19,21). The van der Waals surface area contributed by atoms with Crippen LogP contribution in [0.5, 0.6) is 0 Å². The summed E-state index contributed by atoms with van der Waals surface area (Å²) in [6.45, 7) is 0. The Kier molecular flexibility index (Phi) is 4.39. The van der Waals surface area contributed by atoms with Crippen molar-refractivity contribution in [2.45, 2.75) is 22.8 Å². The van der Waals surface area contributed by atoms with Gasteiger partial charge in [0.1, 0.15) is 5.03 Å². The summed E-state index contributed by atoms with van der Waals surface area (Å²) in [5.74, 6) is -0.442. The number of nitrogens with zero attached hydrogens (tertiary/aromatic N) is 1. The maximum atomic E-state index is 12.2. The van der Waals surface area contributed by atoms with Crippen LogP contribution in [0.1, 0.15) is 23.2 Å². The molecule has 1 heterocycles. The minimum absolute atomic E-state index is 0.0485. The van der Waals surface area contributed by atoms with E-state index < -0.39 is 0 Å². The predicted molar refractivity (Wildman–Crippen MR) is 83.1 cm³/mol. The van der Waals surface area contributed by atoms with Crippen LogP contribution in [-0.2, 0) is 4.79 Å². The fraction of sp³-hybridized carbons (Fsp3) is 0.188. The number of hydrogen-bond donors (Lipinski definition) is 2. The number of carbonyl (C=O) groups is 2. The lowest BCUT2D eigenvalue weighted by atomic mass is 10.3. The summed E-state index contributed by atoms with van der Waals surface area (Å²) in [6.07, 6.45) is 3.43. The Labute approximate surface area is 132 Å². The first-order chi connectivity index (χ1) is 10.7. The van der Waals surface area contributed by atoms with Gasteiger partial charge in [0, 0.05) is 17.0 Å². The van der Waals surface area contributed by atoms with E-state index in [1.54, 1.807) is 18.3 Å². The Balaban J connectivity index is 1.69. The van der Waals surface area contributed by atoms with Gasteiger partial charge in [0.15, 0.2) is 0 Å². The topological polar surface area (TPSA) is 71.1 Å². The molecule has 1 fully saturated rings. The van der Waals surface area contributed by atoms with Crippen molar-refractivity contribution in [3.8, 4) is 0 Å². The highest BCUT2D eigenvalue weighted by Crippen LogP contribution is 2.29. The molecule has 5 nitrogen and oxygen atoms in total. The molecular formula is C16H15N3O2S. The number of benzene rings is 1. The maximum Gasteiger partial charge on any atom is 0.272 e. The number of carbonyl (C=O) groups excluding carboxylic acids is 2. The Bertz CT molecular complexity index is 687. The maximum absolute atomic E-state index is 12.2. The second-order valence-electron chi connectivity index (χ2n) is 4.99. The first-order valence-corrected chi connectivity index (χ1v) is 7.84. The third kappa shape index (κ3) is 3.65. The average Bonchev–Trinajstić information content (AvgIpc) is 3.39. The number of rotatable bonds is 4. The minimum atomic E-state index is -0.361. The number of aromatic nitrogens is 1. The molecule has 0 unspecified atom stereocenters. The molecule has 0 spiro atoms. The largest absolute Gasteiger partial charge is 0.273 e. The summed E-state index contributed by atoms with van der Waals surface area (Å²) in [7, 11) is 0. The minimum Gasteiger partial charge on any atom is -0.273 e. The van der Waals surface area contributed by atoms with E-state index in [9.17, 15) is 9.59 Å². The van der Waals surface area contributed by atoms with Crippen molar-refractivity contribution in [3.05, 3.63) is 54.2 Å². The molecule has 1 saturated carbocycles. The molecule has 0 aliphatic heterocycles. The molecule has 1 aliphatic rings. The summed E-state index contributed by atoms with van der Waals surface area (Å²) in [4.78, 5) is 29.1. The van der Waals surface area contributed by atoms with Crippen LogP contribution in [0.25, 0.3) is 0 Å². The van der Waals surface area contributed by atoms with Gasteiger partial charge in [-0.25, -0.2) is 4.98 Å². The smallest absolute Gasteiger partial charge is 0.272 e. The van der Waals surface area contributed by atoms with Crippen LogP contribution in [-0.4, -0.2) is 16.8 Å². The zero-order valence-electron chi connectivity index (χ0n) is 11.8. The number of amides is 2. The quantitative estimate of drug-likeness (QED) is 0.850. The molecule has 3 rings (SSSR count). The molecule has 0 saturated heterocycles. The number of nitrogens with one attached hydrogen (secondary N) is 2. The normalized spacial score (nSPS) is 13.5. The molecule has 112 valence electrons. The Morgan fingerprint density at radius 1 is 1.05 bits per heavy atom. The molecule has 6 heteroatoms. The number of hydrazine groups is 1. The lowest BCUT2D eigenvalue weighted by Crippen LogP contribution is -2.42. The Hall–Kier alpha value is -2.34. The third-order valence-corrected chi connectivity index (χ3v) is 4.25. The van der Waals surface area contributed by atoms with E-state index in [2.05, 4.69) is 15.8 Å². The van der Waals surface area contributed by atoms with Crippen LogP contribution >= 0.6 is 11.8 Å². The van der Waals surface area contributed by atoms with Gasteiger partial charge in [-0.05, 0) is 37.1 Å². The van der Waals surface area contributed by atoms with Crippen molar-refractivity contribution in [1.29, 1.82) is 0 Å². The number of hydrogen-bond acceptors (Lipinski definition) is 4. The Morgan fingerprint density at radius 3 is 2.55 bits per heavy atom. The lowest BCUT2D eigenvalue weighted by Gasteiger charge is -2.09. The van der Waals surface area contributed by atoms with E-state index in [1.807, 2.05) is 30.3 Å². The van der Waals surface area contributed by atoms with Crippen LogP contribution < -0.4 is 10.9 Å². The summed E-state index contributed by atoms with van der Waals surface area (Å²) < 4.78 is 0. The van der Waals surface area contributed by atoms with Gasteiger partial charge in [-0.15, -0.1) is 0 Å². The van der Waals surface area contributed by atoms with Crippen molar-refractivity contribution in [3.63, 3.8) is 0 Å². The van der Waals surface area contributed by atoms with Gasteiger partial charge in [0.05, 0.1) is 5.56 Å². The molecule has 2 aromatic rings. The van der Waals surface area contributed by atoms with Gasteiger partial charge in [-0.2, -0.15) is 0 Å². The Morgan fingerprint density at radius 2 is 1.82 bits per heavy atom. The molecule has 0 bridgehead atoms. The van der Waals surface area contributed by atoms with E-state index in [4.69, 9.17) is 0 Å². The number of pyridine rings is 1. The highest BCUT2D eigenvalue weighted by molar-refractivity contribution is 7.99. The SMILES string of the molecule is O=C(NNC(=O)C1CC1)c1cccnc1Sc1ccccc1. The predicted octanol–water partition coefficient (Wildman–Crippen LogP) is 2.40. The molecular weight excluding hydrogens is 298 g/mol. The molecule has 0 radical (unpaired) electrons. The summed E-state index contributed by atoms with van der Waals surface area (Å²) >= 11 is 1.41. The van der Waals surface area contributed by atoms with Crippen LogP contribution in [0.2, 0.25) is 0 Å². The van der Waals surface area contributed by atoms with Crippen molar-refractivity contribution >= 4 is 23.6 Å². The van der Waals surface area contributed by atoms with Crippen molar-refractivity contribution in [1.82, 2.24) is 15.8 Å². The molecule has 0 atom stereocenters. The zero-order valence-corrected chi connectivity index (χ0v) is 12.6.